The first kappa shape index (κ1) is 10.7. The summed E-state index contributed by atoms with van der Waals surface area (Å²) in [6.07, 6.45) is 0.947. The van der Waals surface area contributed by atoms with Gasteiger partial charge in [0, 0.05) is 23.7 Å². The highest BCUT2D eigenvalue weighted by Gasteiger charge is 2.92. The van der Waals surface area contributed by atoms with Gasteiger partial charge in [-0.05, 0) is 35.7 Å². The Kier molecular flexibility index (Phi) is 1.45. The summed E-state index contributed by atoms with van der Waals surface area (Å²) < 4.78 is 29.3. The zero-order valence-electron chi connectivity index (χ0n) is 10.9. The quantitative estimate of drug-likeness (QED) is 0.835. The van der Waals surface area contributed by atoms with Crippen molar-refractivity contribution in [3.8, 4) is 0 Å². The minimum atomic E-state index is -2.52. The van der Waals surface area contributed by atoms with Gasteiger partial charge >= 0.3 is 0 Å². The summed E-state index contributed by atoms with van der Waals surface area (Å²) in [5.74, 6) is -2.85. The molecular formula is C17H16F2O. The van der Waals surface area contributed by atoms with Gasteiger partial charge in [-0.15, -0.1) is 0 Å². The summed E-state index contributed by atoms with van der Waals surface area (Å²) >= 11 is 0. The van der Waals surface area contributed by atoms with Crippen molar-refractivity contribution in [2.75, 3.05) is 0 Å². The average molecular weight is 274 g/mol. The summed E-state index contributed by atoms with van der Waals surface area (Å²) in [4.78, 5) is 0. The molecule has 0 aliphatic heterocycles. The molecule has 3 heteroatoms. The normalized spacial score (nSPS) is 62.1. The van der Waals surface area contributed by atoms with Crippen LogP contribution in [0.15, 0.2) is 30.3 Å². The molecule has 1 aromatic carbocycles. The minimum absolute atomic E-state index is 0.191. The molecule has 9 atom stereocenters. The van der Waals surface area contributed by atoms with E-state index in [1.807, 2.05) is 30.3 Å². The largest absolute Gasteiger partial charge is 0.385 e. The van der Waals surface area contributed by atoms with E-state index in [1.165, 1.54) is 0 Å². The maximum absolute atomic E-state index is 14.6. The molecule has 1 nitrogen and oxygen atoms in total. The van der Waals surface area contributed by atoms with Gasteiger partial charge in [0.2, 0.25) is 0 Å². The first-order valence-corrected chi connectivity index (χ1v) is 7.73. The van der Waals surface area contributed by atoms with E-state index in [2.05, 4.69) is 0 Å². The van der Waals surface area contributed by atoms with Gasteiger partial charge in [-0.2, -0.15) is 0 Å². The van der Waals surface area contributed by atoms with Crippen LogP contribution in [0.1, 0.15) is 12.0 Å². The van der Waals surface area contributed by atoms with Gasteiger partial charge in [-0.3, -0.25) is 0 Å². The Balaban J connectivity index is 1.62. The van der Waals surface area contributed by atoms with Crippen LogP contribution < -0.4 is 0 Å². The Morgan fingerprint density at radius 1 is 0.900 bits per heavy atom. The second kappa shape index (κ2) is 2.70. The molecule has 0 aromatic heterocycles. The average Bonchev–Trinajstić information content (AvgIpc) is 2.91. The topological polar surface area (TPSA) is 20.2 Å². The highest BCUT2D eigenvalue weighted by Crippen LogP contribution is 2.89. The Hall–Kier alpha value is -0.960. The zero-order valence-corrected chi connectivity index (χ0v) is 10.9. The van der Waals surface area contributed by atoms with Gasteiger partial charge in [0.05, 0.1) is 5.60 Å². The van der Waals surface area contributed by atoms with Crippen LogP contribution in [0.5, 0.6) is 0 Å². The maximum atomic E-state index is 14.6. The highest BCUT2D eigenvalue weighted by atomic mass is 19.3. The number of hydrogen-bond donors (Lipinski definition) is 1. The lowest BCUT2D eigenvalue weighted by Gasteiger charge is -2.54. The Morgan fingerprint density at radius 3 is 2.30 bits per heavy atom. The monoisotopic (exact) mass is 274 g/mol. The fraction of sp³-hybridized carbons (Fsp3) is 0.647. The number of fused-ring (bicyclic) bond motifs is 2. The van der Waals surface area contributed by atoms with Gasteiger partial charge < -0.3 is 5.11 Å². The van der Waals surface area contributed by atoms with E-state index in [0.29, 0.717) is 11.8 Å². The third kappa shape index (κ3) is 0.739. The Labute approximate surface area is 116 Å². The lowest BCUT2D eigenvalue weighted by atomic mass is 9.54. The van der Waals surface area contributed by atoms with Crippen LogP contribution in [0.3, 0.4) is 0 Å². The van der Waals surface area contributed by atoms with E-state index >= 15 is 0 Å². The molecule has 6 rings (SSSR count). The maximum Gasteiger partial charge on any atom is 0.255 e. The number of benzene rings is 1. The van der Waals surface area contributed by atoms with Crippen LogP contribution in [-0.4, -0.2) is 11.0 Å². The molecule has 1 aromatic rings. The smallest absolute Gasteiger partial charge is 0.255 e. The molecular weight excluding hydrogens is 258 g/mol. The minimum Gasteiger partial charge on any atom is -0.385 e. The van der Waals surface area contributed by atoms with Crippen molar-refractivity contribution < 1.29 is 13.9 Å². The van der Waals surface area contributed by atoms with Crippen LogP contribution in [0.4, 0.5) is 8.78 Å². The van der Waals surface area contributed by atoms with Crippen molar-refractivity contribution >= 4 is 0 Å². The lowest BCUT2D eigenvalue weighted by Crippen LogP contribution is -2.59. The number of aliphatic hydroxyl groups is 1. The summed E-state index contributed by atoms with van der Waals surface area (Å²) in [5, 5.41) is 11.4. The fourth-order valence-electron chi connectivity index (χ4n) is 7.57. The molecule has 8 unspecified atom stereocenters. The standard InChI is InChI=1S/C17H16F2O/c18-17(19)13-9-6-8-10-11(9)15(17)14(10)16(20,12(8)13)7-4-2-1-3-5-7/h1-5,8-15,20H,6H2/t8?,9?,10?,11?,12?,13?,14?,15?,16-/m0/s1. The van der Waals surface area contributed by atoms with Gasteiger partial charge in [0.1, 0.15) is 0 Å². The highest BCUT2D eigenvalue weighted by molar-refractivity contribution is 5.41. The van der Waals surface area contributed by atoms with Crippen LogP contribution in [0, 0.1) is 47.3 Å². The van der Waals surface area contributed by atoms with E-state index in [1.54, 1.807) is 0 Å². The van der Waals surface area contributed by atoms with Crippen molar-refractivity contribution in [3.05, 3.63) is 35.9 Å². The van der Waals surface area contributed by atoms with Gasteiger partial charge in [-0.1, -0.05) is 30.3 Å². The number of rotatable bonds is 1. The van der Waals surface area contributed by atoms with Crippen LogP contribution in [0.2, 0.25) is 0 Å². The van der Waals surface area contributed by atoms with Crippen LogP contribution in [0.25, 0.3) is 0 Å². The third-order valence-corrected chi connectivity index (χ3v) is 7.64. The Bertz CT molecular complexity index is 629. The molecule has 20 heavy (non-hydrogen) atoms. The molecule has 5 aliphatic rings. The number of hydrogen-bond acceptors (Lipinski definition) is 1. The molecule has 0 amide bonds. The second-order valence-electron chi connectivity index (χ2n) is 7.69. The molecule has 0 saturated heterocycles. The number of alkyl halides is 2. The van der Waals surface area contributed by atoms with Crippen molar-refractivity contribution in [3.63, 3.8) is 0 Å². The molecule has 1 N–H and O–H groups in total. The summed E-state index contributed by atoms with van der Waals surface area (Å²) in [5.41, 5.74) is -0.0935. The van der Waals surface area contributed by atoms with Crippen molar-refractivity contribution in [2.45, 2.75) is 17.9 Å². The third-order valence-electron chi connectivity index (χ3n) is 7.64. The van der Waals surface area contributed by atoms with Crippen LogP contribution in [-0.2, 0) is 5.60 Å². The fourth-order valence-corrected chi connectivity index (χ4v) is 7.57. The van der Waals surface area contributed by atoms with E-state index in [0.717, 1.165) is 12.0 Å². The SMILES string of the molecule is O[C@@]1(c2ccccc2)C2C3CC4C5C3C1C5C(F)(F)C42. The predicted molar refractivity (Wildman–Crippen MR) is 67.8 cm³/mol. The predicted octanol–water partition coefficient (Wildman–Crippen LogP) is 2.90. The molecule has 5 fully saturated rings. The summed E-state index contributed by atoms with van der Waals surface area (Å²) in [6, 6.07) is 9.62. The van der Waals surface area contributed by atoms with Crippen LogP contribution >= 0.6 is 0 Å². The molecule has 2 bridgehead atoms. The van der Waals surface area contributed by atoms with E-state index in [4.69, 9.17) is 0 Å². The molecule has 5 aliphatic carbocycles. The lowest BCUT2D eigenvalue weighted by molar-refractivity contribution is -0.238. The first-order chi connectivity index (χ1) is 9.58. The van der Waals surface area contributed by atoms with E-state index in [9.17, 15) is 13.9 Å². The van der Waals surface area contributed by atoms with Crippen molar-refractivity contribution in [1.29, 1.82) is 0 Å². The van der Waals surface area contributed by atoms with E-state index < -0.39 is 23.4 Å². The zero-order chi connectivity index (χ0) is 13.4. The molecule has 5 saturated carbocycles. The second-order valence-corrected chi connectivity index (χ2v) is 7.69. The summed E-state index contributed by atoms with van der Waals surface area (Å²) in [6.45, 7) is 0. The number of halogens is 2. The first-order valence-electron chi connectivity index (χ1n) is 7.73. The van der Waals surface area contributed by atoms with E-state index in [-0.39, 0.29) is 23.7 Å². The van der Waals surface area contributed by atoms with Crippen molar-refractivity contribution in [1.82, 2.24) is 0 Å². The van der Waals surface area contributed by atoms with Crippen molar-refractivity contribution in [2.24, 2.45) is 47.3 Å². The van der Waals surface area contributed by atoms with Gasteiger partial charge in [-0.25, -0.2) is 8.78 Å². The molecule has 0 radical (unpaired) electrons. The summed E-state index contributed by atoms with van der Waals surface area (Å²) in [7, 11) is 0. The molecule has 104 valence electrons. The van der Waals surface area contributed by atoms with Gasteiger partial charge in [0.15, 0.2) is 0 Å². The molecule has 0 spiro atoms. The Morgan fingerprint density at radius 2 is 1.55 bits per heavy atom. The van der Waals surface area contributed by atoms with Gasteiger partial charge in [0.25, 0.3) is 5.92 Å². The molecule has 0 heterocycles.